The smallest absolute Gasteiger partial charge is 0.0705 e. The average molecular weight is 543 g/mol. The van der Waals surface area contributed by atoms with E-state index in [4.69, 9.17) is 4.98 Å². The topological polar surface area (TPSA) is 34.0 Å². The summed E-state index contributed by atoms with van der Waals surface area (Å²) in [7, 11) is 0. The van der Waals surface area contributed by atoms with Gasteiger partial charge in [0.25, 0.3) is 0 Å². The van der Waals surface area contributed by atoms with Gasteiger partial charge in [0, 0.05) is 28.9 Å². The highest BCUT2D eigenvalue weighted by molar-refractivity contribution is 5.81. The van der Waals surface area contributed by atoms with E-state index >= 15 is 0 Å². The fraction of sp³-hybridized carbons (Fsp3) is 0.351. The number of piperidine rings is 1. The molecule has 1 atom stereocenters. The fourth-order valence-electron chi connectivity index (χ4n) is 6.92. The number of nitrogens with zero attached hydrogens (tertiary/aromatic N) is 4. The second-order valence-corrected chi connectivity index (χ2v) is 11.8. The zero-order valence-electron chi connectivity index (χ0n) is 24.8. The molecule has 1 aliphatic heterocycles. The Morgan fingerprint density at radius 2 is 1.63 bits per heavy atom. The van der Waals surface area contributed by atoms with Crippen molar-refractivity contribution in [3.8, 4) is 5.69 Å². The molecule has 1 fully saturated rings. The van der Waals surface area contributed by atoms with Crippen molar-refractivity contribution in [2.45, 2.75) is 58.3 Å². The molecule has 6 rings (SSSR count). The zero-order valence-corrected chi connectivity index (χ0v) is 24.8. The third-order valence-corrected chi connectivity index (χ3v) is 9.34. The highest BCUT2D eigenvalue weighted by atomic mass is 15.3. The van der Waals surface area contributed by atoms with Crippen molar-refractivity contribution < 1.29 is 0 Å². The van der Waals surface area contributed by atoms with Gasteiger partial charge in [-0.1, -0.05) is 69.3 Å². The Hall–Kier alpha value is -3.76. The number of hydrogen-bond donors (Lipinski definition) is 0. The first-order valence-corrected chi connectivity index (χ1v) is 15.4. The first kappa shape index (κ1) is 27.4. The molecule has 5 aromatic rings. The lowest BCUT2D eigenvalue weighted by Crippen LogP contribution is -2.42. The second kappa shape index (κ2) is 12.0. The van der Waals surface area contributed by atoms with E-state index in [1.807, 2.05) is 23.1 Å². The first-order valence-electron chi connectivity index (χ1n) is 15.4. The Morgan fingerprint density at radius 3 is 2.32 bits per heavy atom. The van der Waals surface area contributed by atoms with Crippen LogP contribution in [-0.2, 0) is 18.3 Å². The molecule has 0 aliphatic carbocycles. The number of fused-ring (bicyclic) bond motifs is 1. The predicted molar refractivity (Wildman–Crippen MR) is 170 cm³/mol. The molecule has 3 aromatic carbocycles. The van der Waals surface area contributed by atoms with Crippen LogP contribution in [0.25, 0.3) is 16.6 Å². The highest BCUT2D eigenvalue weighted by Gasteiger charge is 2.39. The lowest BCUT2D eigenvalue weighted by Gasteiger charge is -2.44. The normalized spacial score (nSPS) is 16.2. The van der Waals surface area contributed by atoms with Gasteiger partial charge in [-0.15, -0.1) is 0 Å². The minimum atomic E-state index is -0.0420. The monoisotopic (exact) mass is 542 g/mol. The van der Waals surface area contributed by atoms with Crippen LogP contribution in [0.15, 0.2) is 97.3 Å². The van der Waals surface area contributed by atoms with Crippen molar-refractivity contribution in [2.24, 2.45) is 5.92 Å². The van der Waals surface area contributed by atoms with Crippen molar-refractivity contribution in [3.63, 3.8) is 0 Å². The van der Waals surface area contributed by atoms with Gasteiger partial charge in [0.15, 0.2) is 0 Å². The quantitative estimate of drug-likeness (QED) is 0.189. The molecule has 0 spiro atoms. The van der Waals surface area contributed by atoms with Crippen LogP contribution in [0.2, 0.25) is 0 Å². The van der Waals surface area contributed by atoms with Crippen molar-refractivity contribution in [1.82, 2.24) is 19.7 Å². The third kappa shape index (κ3) is 5.58. The van der Waals surface area contributed by atoms with Gasteiger partial charge < -0.3 is 4.90 Å². The van der Waals surface area contributed by atoms with Crippen molar-refractivity contribution in [1.29, 1.82) is 0 Å². The Morgan fingerprint density at radius 1 is 0.854 bits per heavy atom. The van der Waals surface area contributed by atoms with Gasteiger partial charge in [-0.3, -0.25) is 4.98 Å². The molecule has 1 unspecified atom stereocenters. The summed E-state index contributed by atoms with van der Waals surface area (Å²) in [4.78, 5) is 7.81. The summed E-state index contributed by atoms with van der Waals surface area (Å²) in [5.74, 6) is 0.603. The molecule has 0 bridgehead atoms. The van der Waals surface area contributed by atoms with Crippen LogP contribution in [0, 0.1) is 5.92 Å². The van der Waals surface area contributed by atoms with E-state index in [1.54, 1.807) is 0 Å². The number of hydrogen-bond acceptors (Lipinski definition) is 3. The Bertz CT molecular complexity index is 1570. The molecule has 2 aromatic heterocycles. The van der Waals surface area contributed by atoms with Crippen molar-refractivity contribution >= 4 is 10.9 Å². The maximum atomic E-state index is 5.17. The van der Waals surface area contributed by atoms with Crippen molar-refractivity contribution in [2.75, 3.05) is 19.6 Å². The average Bonchev–Trinajstić information content (AvgIpc) is 3.57. The number of likely N-dealkylation sites (tertiary alicyclic amines) is 1. The Kier molecular flexibility index (Phi) is 8.02. The van der Waals surface area contributed by atoms with Gasteiger partial charge in [0.05, 0.1) is 11.2 Å². The number of aromatic nitrogens is 3. The molecule has 3 heterocycles. The van der Waals surface area contributed by atoms with Gasteiger partial charge in [0.1, 0.15) is 0 Å². The summed E-state index contributed by atoms with van der Waals surface area (Å²) >= 11 is 0. The van der Waals surface area contributed by atoms with Gasteiger partial charge in [0.2, 0.25) is 0 Å². The summed E-state index contributed by atoms with van der Waals surface area (Å²) < 4.78 is 1.90. The minimum Gasteiger partial charge on any atom is -0.303 e. The van der Waals surface area contributed by atoms with Gasteiger partial charge in [-0.25, -0.2) is 4.68 Å². The van der Waals surface area contributed by atoms with Crippen LogP contribution < -0.4 is 0 Å². The van der Waals surface area contributed by atoms with Gasteiger partial charge in [-0.05, 0) is 116 Å². The first-order chi connectivity index (χ1) is 20.1. The lowest BCUT2D eigenvalue weighted by atomic mass is 9.64. The molecule has 0 radical (unpaired) electrons. The third-order valence-electron chi connectivity index (χ3n) is 9.34. The summed E-state index contributed by atoms with van der Waals surface area (Å²) in [6.45, 7) is 10.6. The Balaban J connectivity index is 1.35. The summed E-state index contributed by atoms with van der Waals surface area (Å²) in [5.41, 5.74) is 8.76. The van der Waals surface area contributed by atoms with Gasteiger partial charge in [-0.2, -0.15) is 5.10 Å². The number of benzene rings is 3. The summed E-state index contributed by atoms with van der Waals surface area (Å²) in [6, 6.07) is 31.4. The van der Waals surface area contributed by atoms with Gasteiger partial charge >= 0.3 is 0 Å². The summed E-state index contributed by atoms with van der Waals surface area (Å²) in [6.07, 6.45) is 9.29. The van der Waals surface area contributed by atoms with E-state index in [-0.39, 0.29) is 5.41 Å². The number of pyridine rings is 1. The molecule has 41 heavy (non-hydrogen) atoms. The van der Waals surface area contributed by atoms with E-state index in [9.17, 15) is 0 Å². The standard InChI is InChI=1S/C37H42N4/c1-4-21-40-23-18-32(19-24-40)37(3,31-10-7-6-8-11-31)33-14-17-36-30(27-33)26-29(35(5-2)39-36)25-28-12-15-34(16-13-28)41-22-9-20-38-41/h6-17,20,22,26-27,32H,4-5,18-19,21,23-25H2,1-3H3. The predicted octanol–water partition coefficient (Wildman–Crippen LogP) is 8.00. The molecule has 1 aliphatic rings. The maximum Gasteiger partial charge on any atom is 0.0705 e. The molecule has 0 saturated carbocycles. The van der Waals surface area contributed by atoms with E-state index in [1.165, 1.54) is 72.2 Å². The van der Waals surface area contributed by atoms with E-state index in [0.29, 0.717) is 5.92 Å². The highest BCUT2D eigenvalue weighted by Crippen LogP contribution is 2.44. The molecule has 210 valence electrons. The minimum absolute atomic E-state index is 0.0420. The molecule has 1 saturated heterocycles. The molecule has 0 N–H and O–H groups in total. The fourth-order valence-corrected chi connectivity index (χ4v) is 6.92. The van der Waals surface area contributed by atoms with Crippen LogP contribution in [0.3, 0.4) is 0 Å². The lowest BCUT2D eigenvalue weighted by molar-refractivity contribution is 0.149. The van der Waals surface area contributed by atoms with Crippen LogP contribution in [0.1, 0.15) is 68.0 Å². The molecular weight excluding hydrogens is 500 g/mol. The Labute approximate surface area is 245 Å². The molecule has 4 nitrogen and oxygen atoms in total. The second-order valence-electron chi connectivity index (χ2n) is 11.8. The van der Waals surface area contributed by atoms with Crippen molar-refractivity contribution in [3.05, 3.63) is 125 Å². The van der Waals surface area contributed by atoms with Crippen LogP contribution in [0.5, 0.6) is 0 Å². The van der Waals surface area contributed by atoms with E-state index in [2.05, 4.69) is 110 Å². The van der Waals surface area contributed by atoms with Crippen LogP contribution in [0.4, 0.5) is 0 Å². The SMILES string of the molecule is CCCN1CCC(C(C)(c2ccccc2)c2ccc3nc(CC)c(Cc4ccc(-n5cccn5)cc4)cc3c2)CC1. The summed E-state index contributed by atoms with van der Waals surface area (Å²) in [5, 5.41) is 5.61. The molecular formula is C37H42N4. The molecule has 0 amide bonds. The zero-order chi connectivity index (χ0) is 28.2. The van der Waals surface area contributed by atoms with Crippen LogP contribution in [-0.4, -0.2) is 39.3 Å². The number of aryl methyl sites for hydroxylation is 1. The molecule has 4 heteroatoms. The number of rotatable bonds is 9. The largest absolute Gasteiger partial charge is 0.303 e. The van der Waals surface area contributed by atoms with E-state index in [0.717, 1.165) is 24.0 Å². The maximum absolute atomic E-state index is 5.17. The van der Waals surface area contributed by atoms with Crippen LogP contribution >= 0.6 is 0 Å². The van der Waals surface area contributed by atoms with E-state index < -0.39 is 0 Å².